The van der Waals surface area contributed by atoms with Crippen LogP contribution in [-0.4, -0.2) is 23.0 Å². The Morgan fingerprint density at radius 3 is 2.37 bits per heavy atom. The van der Waals surface area contributed by atoms with E-state index >= 15 is 0 Å². The molecule has 2 atom stereocenters. The van der Waals surface area contributed by atoms with Crippen molar-refractivity contribution in [2.24, 2.45) is 0 Å². The van der Waals surface area contributed by atoms with Gasteiger partial charge >= 0.3 is 5.97 Å². The summed E-state index contributed by atoms with van der Waals surface area (Å²) in [5, 5.41) is 12.3. The molecule has 19 heavy (non-hydrogen) atoms. The van der Waals surface area contributed by atoms with E-state index < -0.39 is 11.4 Å². The summed E-state index contributed by atoms with van der Waals surface area (Å²) in [5.74, 6) is -1.22. The number of hydrogen-bond donors (Lipinski definition) is 2. The first kappa shape index (κ1) is 15.2. The highest BCUT2D eigenvalue weighted by molar-refractivity contribution is 5.89. The standard InChI is InChI=1S/C15H21NO3/c1-4-11(2)16-13(17)10-15(3,14(18)19)12-8-6-5-7-9-12/h5-9,11H,4,10H2,1-3H3,(H,16,17)(H,18,19). The third-order valence-corrected chi connectivity index (χ3v) is 3.42. The fourth-order valence-electron chi connectivity index (χ4n) is 1.86. The Morgan fingerprint density at radius 1 is 1.32 bits per heavy atom. The SMILES string of the molecule is CCC(C)NC(=O)CC(C)(C(=O)O)c1ccccc1. The van der Waals surface area contributed by atoms with E-state index in [0.29, 0.717) is 5.56 Å². The molecule has 0 aliphatic rings. The molecule has 0 heterocycles. The zero-order valence-corrected chi connectivity index (χ0v) is 11.6. The highest BCUT2D eigenvalue weighted by Crippen LogP contribution is 2.28. The summed E-state index contributed by atoms with van der Waals surface area (Å²) in [5.41, 5.74) is -0.555. The summed E-state index contributed by atoms with van der Waals surface area (Å²) in [7, 11) is 0. The van der Waals surface area contributed by atoms with Crippen LogP contribution in [0.15, 0.2) is 30.3 Å². The van der Waals surface area contributed by atoms with Gasteiger partial charge in [-0.2, -0.15) is 0 Å². The number of carbonyl (C=O) groups excluding carboxylic acids is 1. The van der Waals surface area contributed by atoms with Crippen molar-refractivity contribution in [2.75, 3.05) is 0 Å². The lowest BCUT2D eigenvalue weighted by atomic mass is 9.79. The monoisotopic (exact) mass is 263 g/mol. The number of carboxylic acids is 1. The van der Waals surface area contributed by atoms with Gasteiger partial charge in [0.15, 0.2) is 0 Å². The minimum atomic E-state index is -1.20. The van der Waals surface area contributed by atoms with Crippen LogP contribution in [0.2, 0.25) is 0 Å². The summed E-state index contributed by atoms with van der Waals surface area (Å²) in [6.07, 6.45) is 0.761. The maximum atomic E-state index is 11.9. The summed E-state index contributed by atoms with van der Waals surface area (Å²) in [6, 6.07) is 8.92. The van der Waals surface area contributed by atoms with Crippen LogP contribution in [0.3, 0.4) is 0 Å². The molecule has 0 saturated heterocycles. The quantitative estimate of drug-likeness (QED) is 0.827. The van der Waals surface area contributed by atoms with E-state index in [1.165, 1.54) is 0 Å². The first-order chi connectivity index (χ1) is 8.90. The summed E-state index contributed by atoms with van der Waals surface area (Å²) in [4.78, 5) is 23.5. The van der Waals surface area contributed by atoms with Crippen molar-refractivity contribution >= 4 is 11.9 Å². The Kier molecular flexibility index (Phi) is 5.10. The number of benzene rings is 1. The van der Waals surface area contributed by atoms with E-state index in [4.69, 9.17) is 0 Å². The van der Waals surface area contributed by atoms with Crippen molar-refractivity contribution < 1.29 is 14.7 Å². The maximum Gasteiger partial charge on any atom is 0.314 e. The number of nitrogens with one attached hydrogen (secondary N) is 1. The van der Waals surface area contributed by atoms with Crippen molar-refractivity contribution in [1.29, 1.82) is 0 Å². The molecule has 0 bridgehead atoms. The molecule has 104 valence electrons. The van der Waals surface area contributed by atoms with Gasteiger partial charge in [-0.1, -0.05) is 37.3 Å². The molecule has 0 fully saturated rings. The van der Waals surface area contributed by atoms with Gasteiger partial charge in [0, 0.05) is 12.5 Å². The summed E-state index contributed by atoms with van der Waals surface area (Å²) < 4.78 is 0. The second-order valence-electron chi connectivity index (χ2n) is 5.06. The average molecular weight is 263 g/mol. The molecule has 0 aliphatic carbocycles. The fourth-order valence-corrected chi connectivity index (χ4v) is 1.86. The Morgan fingerprint density at radius 2 is 1.89 bits per heavy atom. The van der Waals surface area contributed by atoms with E-state index in [-0.39, 0.29) is 18.4 Å². The lowest BCUT2D eigenvalue weighted by Crippen LogP contribution is -2.41. The van der Waals surface area contributed by atoms with Crippen molar-refractivity contribution in [3.05, 3.63) is 35.9 Å². The molecule has 1 rings (SSSR count). The van der Waals surface area contributed by atoms with Gasteiger partial charge in [0.25, 0.3) is 0 Å². The topological polar surface area (TPSA) is 66.4 Å². The van der Waals surface area contributed by atoms with Crippen LogP contribution in [0.4, 0.5) is 0 Å². The van der Waals surface area contributed by atoms with Gasteiger partial charge in [0.05, 0.1) is 5.41 Å². The average Bonchev–Trinajstić information content (AvgIpc) is 2.39. The molecule has 0 aromatic heterocycles. The number of rotatable bonds is 6. The first-order valence-electron chi connectivity index (χ1n) is 6.48. The normalized spacial score (nSPS) is 15.3. The zero-order chi connectivity index (χ0) is 14.5. The van der Waals surface area contributed by atoms with Gasteiger partial charge in [-0.25, -0.2) is 0 Å². The van der Waals surface area contributed by atoms with E-state index in [9.17, 15) is 14.7 Å². The third-order valence-electron chi connectivity index (χ3n) is 3.42. The minimum absolute atomic E-state index is 0.0568. The molecule has 2 N–H and O–H groups in total. The van der Waals surface area contributed by atoms with Crippen LogP contribution >= 0.6 is 0 Å². The Hall–Kier alpha value is -1.84. The van der Waals surface area contributed by atoms with Crippen LogP contribution < -0.4 is 5.32 Å². The number of hydrogen-bond acceptors (Lipinski definition) is 2. The van der Waals surface area contributed by atoms with Crippen LogP contribution in [0.5, 0.6) is 0 Å². The molecule has 1 amide bonds. The molecule has 4 nitrogen and oxygen atoms in total. The first-order valence-corrected chi connectivity index (χ1v) is 6.48. The lowest BCUT2D eigenvalue weighted by Gasteiger charge is -2.25. The van der Waals surface area contributed by atoms with Gasteiger partial charge in [-0.3, -0.25) is 9.59 Å². The molecular weight excluding hydrogens is 242 g/mol. The highest BCUT2D eigenvalue weighted by Gasteiger charge is 2.37. The van der Waals surface area contributed by atoms with Crippen molar-refractivity contribution in [3.63, 3.8) is 0 Å². The zero-order valence-electron chi connectivity index (χ0n) is 11.6. The molecule has 1 aromatic rings. The molecule has 2 unspecified atom stereocenters. The third kappa shape index (κ3) is 3.81. The second-order valence-corrected chi connectivity index (χ2v) is 5.06. The number of aliphatic carboxylic acids is 1. The van der Waals surface area contributed by atoms with Crippen molar-refractivity contribution in [2.45, 2.75) is 45.1 Å². The predicted molar refractivity (Wildman–Crippen MR) is 73.9 cm³/mol. The fraction of sp³-hybridized carbons (Fsp3) is 0.467. The predicted octanol–water partition coefficient (Wildman–Crippen LogP) is 2.33. The molecule has 0 spiro atoms. The Balaban J connectivity index is 2.90. The Bertz CT molecular complexity index is 444. The smallest absolute Gasteiger partial charge is 0.314 e. The molecule has 0 saturated carbocycles. The van der Waals surface area contributed by atoms with Crippen molar-refractivity contribution in [1.82, 2.24) is 5.32 Å². The molecular formula is C15H21NO3. The van der Waals surface area contributed by atoms with Crippen LogP contribution in [0.1, 0.15) is 39.2 Å². The van der Waals surface area contributed by atoms with Gasteiger partial charge in [0.2, 0.25) is 5.91 Å². The molecule has 0 radical (unpaired) electrons. The molecule has 0 aliphatic heterocycles. The van der Waals surface area contributed by atoms with Gasteiger partial charge < -0.3 is 10.4 Å². The van der Waals surface area contributed by atoms with Crippen LogP contribution in [0.25, 0.3) is 0 Å². The van der Waals surface area contributed by atoms with Crippen LogP contribution in [-0.2, 0) is 15.0 Å². The van der Waals surface area contributed by atoms with Gasteiger partial charge in [-0.15, -0.1) is 0 Å². The maximum absolute atomic E-state index is 11.9. The van der Waals surface area contributed by atoms with Crippen molar-refractivity contribution in [3.8, 4) is 0 Å². The molecule has 1 aromatic carbocycles. The second kappa shape index (κ2) is 6.36. The lowest BCUT2D eigenvalue weighted by molar-refractivity contribution is -0.145. The highest BCUT2D eigenvalue weighted by atomic mass is 16.4. The largest absolute Gasteiger partial charge is 0.481 e. The van der Waals surface area contributed by atoms with Gasteiger partial charge in [-0.05, 0) is 25.8 Å². The van der Waals surface area contributed by atoms with E-state index in [2.05, 4.69) is 5.32 Å². The van der Waals surface area contributed by atoms with E-state index in [0.717, 1.165) is 6.42 Å². The van der Waals surface area contributed by atoms with Gasteiger partial charge in [0.1, 0.15) is 0 Å². The Labute approximate surface area is 113 Å². The summed E-state index contributed by atoms with van der Waals surface area (Å²) >= 11 is 0. The number of carbonyl (C=O) groups is 2. The number of carboxylic acid groups (broad SMARTS) is 1. The summed E-state index contributed by atoms with van der Waals surface area (Å²) in [6.45, 7) is 5.46. The molecule has 4 heteroatoms. The van der Waals surface area contributed by atoms with E-state index in [1.54, 1.807) is 31.2 Å². The minimum Gasteiger partial charge on any atom is -0.481 e. The van der Waals surface area contributed by atoms with E-state index in [1.807, 2.05) is 19.9 Å². The number of amides is 1. The van der Waals surface area contributed by atoms with Crippen LogP contribution in [0, 0.1) is 0 Å².